The maximum absolute atomic E-state index is 12.1. The summed E-state index contributed by atoms with van der Waals surface area (Å²) in [6, 6.07) is 5.51. The van der Waals surface area contributed by atoms with Crippen molar-refractivity contribution in [2.75, 3.05) is 0 Å². The number of hydrogen-bond donors (Lipinski definition) is 0. The first kappa shape index (κ1) is 11.7. The Morgan fingerprint density at radius 1 is 1.65 bits per heavy atom. The fourth-order valence-electron chi connectivity index (χ4n) is 2.05. The molecule has 0 saturated carbocycles. The van der Waals surface area contributed by atoms with E-state index in [-0.39, 0.29) is 11.9 Å². The lowest BCUT2D eigenvalue weighted by Crippen LogP contribution is -2.26. The van der Waals surface area contributed by atoms with E-state index in [0.717, 1.165) is 6.42 Å². The van der Waals surface area contributed by atoms with Crippen molar-refractivity contribution in [2.45, 2.75) is 37.9 Å². The van der Waals surface area contributed by atoms with Gasteiger partial charge in [-0.2, -0.15) is 5.26 Å². The van der Waals surface area contributed by atoms with Crippen molar-refractivity contribution in [3.05, 3.63) is 30.1 Å². The van der Waals surface area contributed by atoms with Gasteiger partial charge < -0.3 is 4.74 Å². The maximum Gasteiger partial charge on any atom is 0.183 e. The Morgan fingerprint density at radius 2 is 2.47 bits per heavy atom. The molecule has 0 amide bonds. The highest BCUT2D eigenvalue weighted by atomic mass is 16.5. The molecule has 4 heteroatoms. The summed E-state index contributed by atoms with van der Waals surface area (Å²) in [6.07, 6.45) is 4.44. The van der Waals surface area contributed by atoms with E-state index >= 15 is 0 Å². The van der Waals surface area contributed by atoms with Crippen LogP contribution in [-0.2, 0) is 9.53 Å². The first-order valence-corrected chi connectivity index (χ1v) is 5.71. The van der Waals surface area contributed by atoms with Crippen LogP contribution in [0, 0.1) is 11.3 Å². The highest BCUT2D eigenvalue weighted by Gasteiger charge is 2.33. The smallest absolute Gasteiger partial charge is 0.183 e. The third kappa shape index (κ3) is 2.51. The molecule has 2 heterocycles. The predicted octanol–water partition coefficient (Wildman–Crippen LogP) is 1.83. The third-order valence-corrected chi connectivity index (χ3v) is 2.98. The topological polar surface area (TPSA) is 63.0 Å². The molecular weight excluding hydrogens is 216 g/mol. The van der Waals surface area contributed by atoms with Crippen LogP contribution >= 0.6 is 0 Å². The number of hydrogen-bond acceptors (Lipinski definition) is 4. The Morgan fingerprint density at radius 3 is 3.00 bits per heavy atom. The SMILES string of the molecule is CC1CCC(C(=O)C(C#N)c2cccnc2)O1. The lowest BCUT2D eigenvalue weighted by Gasteiger charge is -2.13. The van der Waals surface area contributed by atoms with Crippen molar-refractivity contribution in [1.29, 1.82) is 5.26 Å². The van der Waals surface area contributed by atoms with Crippen molar-refractivity contribution in [1.82, 2.24) is 4.98 Å². The minimum atomic E-state index is -0.765. The molecule has 0 aromatic carbocycles. The zero-order valence-electron chi connectivity index (χ0n) is 9.67. The number of carbonyl (C=O) groups excluding carboxylic acids is 1. The second kappa shape index (κ2) is 5.07. The van der Waals surface area contributed by atoms with Crippen molar-refractivity contribution in [3.8, 4) is 6.07 Å². The van der Waals surface area contributed by atoms with Crippen molar-refractivity contribution < 1.29 is 9.53 Å². The van der Waals surface area contributed by atoms with E-state index in [0.29, 0.717) is 12.0 Å². The molecule has 1 aliphatic heterocycles. The molecule has 1 aromatic rings. The number of Topliss-reactive ketones (excluding diaryl/α,β-unsaturated/α-hetero) is 1. The standard InChI is InChI=1S/C13H14N2O2/c1-9-4-5-12(17-9)13(16)11(7-14)10-3-2-6-15-8-10/h2-3,6,8-9,11-12H,4-5H2,1H3. The monoisotopic (exact) mass is 230 g/mol. The summed E-state index contributed by atoms with van der Waals surface area (Å²) >= 11 is 0. The van der Waals surface area contributed by atoms with Crippen LogP contribution in [0.2, 0.25) is 0 Å². The van der Waals surface area contributed by atoms with Gasteiger partial charge in [0.1, 0.15) is 12.0 Å². The molecule has 4 nitrogen and oxygen atoms in total. The summed E-state index contributed by atoms with van der Waals surface area (Å²) in [4.78, 5) is 16.1. The van der Waals surface area contributed by atoms with Gasteiger partial charge >= 0.3 is 0 Å². The summed E-state index contributed by atoms with van der Waals surface area (Å²) < 4.78 is 5.51. The van der Waals surface area contributed by atoms with Gasteiger partial charge in [-0.25, -0.2) is 0 Å². The van der Waals surface area contributed by atoms with Crippen molar-refractivity contribution in [3.63, 3.8) is 0 Å². The molecule has 1 aromatic heterocycles. The fourth-order valence-corrected chi connectivity index (χ4v) is 2.05. The molecule has 0 spiro atoms. The molecule has 1 saturated heterocycles. The summed E-state index contributed by atoms with van der Waals surface area (Å²) in [7, 11) is 0. The second-order valence-corrected chi connectivity index (χ2v) is 4.26. The first-order chi connectivity index (χ1) is 8.22. The first-order valence-electron chi connectivity index (χ1n) is 5.71. The van der Waals surface area contributed by atoms with E-state index in [1.807, 2.05) is 13.0 Å². The number of ketones is 1. The zero-order valence-corrected chi connectivity index (χ0v) is 9.67. The van der Waals surface area contributed by atoms with Gasteiger partial charge in [-0.3, -0.25) is 9.78 Å². The number of nitrogens with zero attached hydrogens (tertiary/aromatic N) is 2. The molecule has 17 heavy (non-hydrogen) atoms. The van der Waals surface area contributed by atoms with E-state index in [9.17, 15) is 4.79 Å². The van der Waals surface area contributed by atoms with E-state index < -0.39 is 12.0 Å². The van der Waals surface area contributed by atoms with Gasteiger partial charge in [0.15, 0.2) is 5.78 Å². The van der Waals surface area contributed by atoms with Gasteiger partial charge in [0.25, 0.3) is 0 Å². The number of aromatic nitrogens is 1. The summed E-state index contributed by atoms with van der Waals surface area (Å²) in [5.41, 5.74) is 0.642. The Hall–Kier alpha value is -1.73. The van der Waals surface area contributed by atoms with E-state index in [2.05, 4.69) is 4.98 Å². The summed E-state index contributed by atoms with van der Waals surface area (Å²) in [5.74, 6) is -0.913. The van der Waals surface area contributed by atoms with Gasteiger partial charge in [0, 0.05) is 12.4 Å². The molecule has 0 N–H and O–H groups in total. The van der Waals surface area contributed by atoms with E-state index in [4.69, 9.17) is 10.00 Å². The molecule has 0 aliphatic carbocycles. The molecule has 3 unspecified atom stereocenters. The van der Waals surface area contributed by atoms with Gasteiger partial charge in [-0.05, 0) is 31.4 Å². The maximum atomic E-state index is 12.1. The number of nitriles is 1. The molecular formula is C13H14N2O2. The van der Waals surface area contributed by atoms with Crippen LogP contribution in [0.4, 0.5) is 0 Å². The van der Waals surface area contributed by atoms with Gasteiger partial charge in [-0.1, -0.05) is 6.07 Å². The third-order valence-electron chi connectivity index (χ3n) is 2.98. The van der Waals surface area contributed by atoms with Gasteiger partial charge in [-0.15, -0.1) is 0 Å². The Balaban J connectivity index is 2.15. The van der Waals surface area contributed by atoms with Crippen LogP contribution in [0.15, 0.2) is 24.5 Å². The van der Waals surface area contributed by atoms with Gasteiger partial charge in [0.2, 0.25) is 0 Å². The predicted molar refractivity (Wildman–Crippen MR) is 61.2 cm³/mol. The average Bonchev–Trinajstić information content (AvgIpc) is 2.78. The Bertz CT molecular complexity index is 438. The minimum absolute atomic E-state index is 0.109. The molecule has 0 radical (unpaired) electrons. The molecule has 1 aliphatic rings. The van der Waals surface area contributed by atoms with E-state index in [1.165, 1.54) is 0 Å². The fraction of sp³-hybridized carbons (Fsp3) is 0.462. The summed E-state index contributed by atoms with van der Waals surface area (Å²) in [6.45, 7) is 1.94. The van der Waals surface area contributed by atoms with Crippen molar-refractivity contribution >= 4 is 5.78 Å². The minimum Gasteiger partial charge on any atom is -0.367 e. The number of ether oxygens (including phenoxy) is 1. The lowest BCUT2D eigenvalue weighted by atomic mass is 9.93. The summed E-state index contributed by atoms with van der Waals surface area (Å²) in [5, 5.41) is 9.12. The average molecular weight is 230 g/mol. The highest BCUT2D eigenvalue weighted by molar-refractivity contribution is 5.92. The number of carbonyl (C=O) groups is 1. The van der Waals surface area contributed by atoms with Crippen LogP contribution in [0.3, 0.4) is 0 Å². The quantitative estimate of drug-likeness (QED) is 0.794. The largest absolute Gasteiger partial charge is 0.367 e. The number of pyridine rings is 1. The molecule has 2 rings (SSSR count). The van der Waals surface area contributed by atoms with Gasteiger partial charge in [0.05, 0.1) is 12.2 Å². The molecule has 3 atom stereocenters. The highest BCUT2D eigenvalue weighted by Crippen LogP contribution is 2.26. The van der Waals surface area contributed by atoms with Crippen LogP contribution in [0.25, 0.3) is 0 Å². The molecule has 0 bridgehead atoms. The Labute approximate surface area is 100 Å². The second-order valence-electron chi connectivity index (χ2n) is 4.26. The van der Waals surface area contributed by atoms with Crippen molar-refractivity contribution in [2.24, 2.45) is 0 Å². The van der Waals surface area contributed by atoms with Crippen LogP contribution in [0.5, 0.6) is 0 Å². The molecule has 1 fully saturated rings. The normalized spacial score (nSPS) is 25.2. The number of rotatable bonds is 3. The molecule has 88 valence electrons. The Kier molecular flexibility index (Phi) is 3.50. The van der Waals surface area contributed by atoms with Crippen LogP contribution in [0.1, 0.15) is 31.2 Å². The van der Waals surface area contributed by atoms with Crippen LogP contribution in [-0.4, -0.2) is 23.0 Å². The van der Waals surface area contributed by atoms with Crippen LogP contribution < -0.4 is 0 Å². The lowest BCUT2D eigenvalue weighted by molar-refractivity contribution is -0.129. The van der Waals surface area contributed by atoms with E-state index in [1.54, 1.807) is 24.5 Å². The zero-order chi connectivity index (χ0) is 12.3.